The van der Waals surface area contributed by atoms with Crippen molar-refractivity contribution in [3.05, 3.63) is 59.2 Å². The fourth-order valence-corrected chi connectivity index (χ4v) is 2.07. The number of ether oxygens (including phenoxy) is 1. The Labute approximate surface area is 121 Å². The van der Waals surface area contributed by atoms with Crippen LogP contribution in [-0.2, 0) is 12.6 Å². The van der Waals surface area contributed by atoms with E-state index in [4.69, 9.17) is 10.5 Å². The van der Waals surface area contributed by atoms with Crippen LogP contribution in [0, 0.1) is 6.92 Å². The van der Waals surface area contributed by atoms with Gasteiger partial charge in [-0.25, -0.2) is 0 Å². The maximum absolute atomic E-state index is 13.0. The first-order chi connectivity index (χ1) is 9.91. The summed E-state index contributed by atoms with van der Waals surface area (Å²) in [5.41, 5.74) is 6.56. The molecule has 0 bridgehead atoms. The van der Waals surface area contributed by atoms with E-state index in [1.54, 1.807) is 12.1 Å². The summed E-state index contributed by atoms with van der Waals surface area (Å²) in [5, 5.41) is 0. The van der Waals surface area contributed by atoms with E-state index in [0.717, 1.165) is 17.2 Å². The molecule has 0 radical (unpaired) electrons. The van der Waals surface area contributed by atoms with Crippen molar-refractivity contribution in [1.29, 1.82) is 0 Å². The zero-order chi connectivity index (χ0) is 15.5. The number of hydrogen-bond donors (Lipinski definition) is 1. The van der Waals surface area contributed by atoms with Crippen molar-refractivity contribution in [3.63, 3.8) is 0 Å². The summed E-state index contributed by atoms with van der Waals surface area (Å²) in [4.78, 5) is 0. The highest BCUT2D eigenvalue weighted by molar-refractivity contribution is 5.43. The van der Waals surface area contributed by atoms with E-state index < -0.39 is 11.7 Å². The van der Waals surface area contributed by atoms with Crippen LogP contribution in [0.15, 0.2) is 42.5 Å². The van der Waals surface area contributed by atoms with Crippen molar-refractivity contribution in [2.75, 3.05) is 6.54 Å². The van der Waals surface area contributed by atoms with Gasteiger partial charge >= 0.3 is 6.18 Å². The summed E-state index contributed by atoms with van der Waals surface area (Å²) in [6.45, 7) is 2.31. The Kier molecular flexibility index (Phi) is 4.53. The van der Waals surface area contributed by atoms with Crippen LogP contribution >= 0.6 is 0 Å². The van der Waals surface area contributed by atoms with E-state index in [0.29, 0.717) is 18.7 Å². The van der Waals surface area contributed by atoms with E-state index in [2.05, 4.69) is 0 Å². The van der Waals surface area contributed by atoms with E-state index in [1.807, 2.05) is 13.0 Å². The van der Waals surface area contributed by atoms with Crippen molar-refractivity contribution in [3.8, 4) is 11.5 Å². The highest BCUT2D eigenvalue weighted by Gasteiger charge is 2.34. The van der Waals surface area contributed by atoms with Gasteiger partial charge in [-0.05, 0) is 43.7 Å². The first kappa shape index (κ1) is 15.4. The number of aryl methyl sites for hydroxylation is 1. The Bertz CT molecular complexity index is 623. The number of halogens is 3. The third kappa shape index (κ3) is 3.76. The van der Waals surface area contributed by atoms with Crippen LogP contribution in [-0.4, -0.2) is 6.54 Å². The highest BCUT2D eigenvalue weighted by Crippen LogP contribution is 2.38. The molecule has 21 heavy (non-hydrogen) atoms. The maximum Gasteiger partial charge on any atom is 0.419 e. The average molecular weight is 295 g/mol. The van der Waals surface area contributed by atoms with E-state index in [1.165, 1.54) is 18.2 Å². The molecule has 0 unspecified atom stereocenters. The smallest absolute Gasteiger partial charge is 0.419 e. The Morgan fingerprint density at radius 3 is 2.43 bits per heavy atom. The first-order valence-electron chi connectivity index (χ1n) is 6.55. The molecule has 0 aliphatic rings. The molecule has 2 aromatic rings. The van der Waals surface area contributed by atoms with Gasteiger partial charge in [-0.15, -0.1) is 0 Å². The van der Waals surface area contributed by atoms with Gasteiger partial charge in [0.05, 0.1) is 5.56 Å². The second-order valence-corrected chi connectivity index (χ2v) is 4.75. The molecular formula is C16H16F3NO. The van der Waals surface area contributed by atoms with Gasteiger partial charge in [-0.2, -0.15) is 13.2 Å². The van der Waals surface area contributed by atoms with Crippen molar-refractivity contribution in [2.24, 2.45) is 5.73 Å². The molecule has 2 nitrogen and oxygen atoms in total. The number of para-hydroxylation sites is 1. The van der Waals surface area contributed by atoms with Gasteiger partial charge in [0.15, 0.2) is 0 Å². The second kappa shape index (κ2) is 6.18. The summed E-state index contributed by atoms with van der Waals surface area (Å²) >= 11 is 0. The lowest BCUT2D eigenvalue weighted by molar-refractivity contribution is -0.138. The third-order valence-electron chi connectivity index (χ3n) is 3.04. The Morgan fingerprint density at radius 1 is 1.05 bits per heavy atom. The molecule has 112 valence electrons. The molecule has 0 saturated heterocycles. The standard InChI is InChI=1S/C16H16F3NO/c1-11-6-7-14(12(10-11)8-9-20)21-15-5-3-2-4-13(15)16(17,18)19/h2-7,10H,8-9,20H2,1H3. The molecule has 0 spiro atoms. The molecule has 2 aromatic carbocycles. The summed E-state index contributed by atoms with van der Waals surface area (Å²) in [6, 6.07) is 10.5. The molecule has 0 atom stereocenters. The Balaban J connectivity index is 2.39. The zero-order valence-electron chi connectivity index (χ0n) is 11.6. The van der Waals surface area contributed by atoms with Gasteiger partial charge in [0.2, 0.25) is 0 Å². The van der Waals surface area contributed by atoms with Gasteiger partial charge in [0.1, 0.15) is 11.5 Å². The molecule has 0 aliphatic heterocycles. The zero-order valence-corrected chi connectivity index (χ0v) is 11.6. The largest absolute Gasteiger partial charge is 0.456 e. The third-order valence-corrected chi connectivity index (χ3v) is 3.04. The SMILES string of the molecule is Cc1ccc(Oc2ccccc2C(F)(F)F)c(CCN)c1. The van der Waals surface area contributed by atoms with Crippen molar-refractivity contribution in [1.82, 2.24) is 0 Å². The van der Waals surface area contributed by atoms with Gasteiger partial charge in [-0.3, -0.25) is 0 Å². The minimum Gasteiger partial charge on any atom is -0.456 e. The number of nitrogens with two attached hydrogens (primary N) is 1. The predicted octanol–water partition coefficient (Wildman–Crippen LogP) is 4.31. The van der Waals surface area contributed by atoms with Crippen LogP contribution in [0.4, 0.5) is 13.2 Å². The van der Waals surface area contributed by atoms with Crippen LogP contribution < -0.4 is 10.5 Å². The van der Waals surface area contributed by atoms with Gasteiger partial charge < -0.3 is 10.5 Å². The molecule has 2 rings (SSSR count). The molecule has 0 fully saturated rings. The normalized spacial score (nSPS) is 11.5. The topological polar surface area (TPSA) is 35.2 Å². The molecule has 5 heteroatoms. The lowest BCUT2D eigenvalue weighted by Gasteiger charge is -2.16. The number of benzene rings is 2. The second-order valence-electron chi connectivity index (χ2n) is 4.75. The molecule has 0 saturated carbocycles. The minimum atomic E-state index is -4.45. The molecule has 0 amide bonds. The number of hydrogen-bond acceptors (Lipinski definition) is 2. The molecule has 0 heterocycles. The lowest BCUT2D eigenvalue weighted by Crippen LogP contribution is -2.08. The summed E-state index contributed by atoms with van der Waals surface area (Å²) in [5.74, 6) is 0.204. The van der Waals surface area contributed by atoms with E-state index in [9.17, 15) is 13.2 Å². The predicted molar refractivity (Wildman–Crippen MR) is 75.5 cm³/mol. The van der Waals surface area contributed by atoms with Crippen LogP contribution in [0.1, 0.15) is 16.7 Å². The Morgan fingerprint density at radius 2 is 1.76 bits per heavy atom. The summed E-state index contributed by atoms with van der Waals surface area (Å²) in [6.07, 6.45) is -3.90. The highest BCUT2D eigenvalue weighted by atomic mass is 19.4. The maximum atomic E-state index is 13.0. The lowest BCUT2D eigenvalue weighted by atomic mass is 10.1. The number of rotatable bonds is 4. The first-order valence-corrected chi connectivity index (χ1v) is 6.55. The molecule has 0 aromatic heterocycles. The van der Waals surface area contributed by atoms with Gasteiger partial charge in [-0.1, -0.05) is 29.8 Å². The van der Waals surface area contributed by atoms with Crippen molar-refractivity contribution in [2.45, 2.75) is 19.5 Å². The summed E-state index contributed by atoms with van der Waals surface area (Å²) < 4.78 is 44.4. The van der Waals surface area contributed by atoms with E-state index >= 15 is 0 Å². The number of alkyl halides is 3. The quantitative estimate of drug-likeness (QED) is 0.912. The minimum absolute atomic E-state index is 0.202. The van der Waals surface area contributed by atoms with Gasteiger partial charge in [0.25, 0.3) is 0 Å². The molecule has 2 N–H and O–H groups in total. The molecule has 0 aliphatic carbocycles. The fraction of sp³-hybridized carbons (Fsp3) is 0.250. The fourth-order valence-electron chi connectivity index (χ4n) is 2.07. The van der Waals surface area contributed by atoms with Crippen molar-refractivity contribution >= 4 is 0 Å². The molecular weight excluding hydrogens is 279 g/mol. The summed E-state index contributed by atoms with van der Waals surface area (Å²) in [7, 11) is 0. The van der Waals surface area contributed by atoms with Gasteiger partial charge in [0, 0.05) is 0 Å². The average Bonchev–Trinajstić information content (AvgIpc) is 2.41. The van der Waals surface area contributed by atoms with Crippen LogP contribution in [0.3, 0.4) is 0 Å². The monoisotopic (exact) mass is 295 g/mol. The van der Waals surface area contributed by atoms with Crippen LogP contribution in [0.2, 0.25) is 0 Å². The van der Waals surface area contributed by atoms with Crippen LogP contribution in [0.5, 0.6) is 11.5 Å². The van der Waals surface area contributed by atoms with Crippen LogP contribution in [0.25, 0.3) is 0 Å². The van der Waals surface area contributed by atoms with E-state index in [-0.39, 0.29) is 5.75 Å². The Hall–Kier alpha value is -2.01. The van der Waals surface area contributed by atoms with Crippen molar-refractivity contribution < 1.29 is 17.9 Å².